The van der Waals surface area contributed by atoms with Crippen LogP contribution >= 0.6 is 0 Å². The van der Waals surface area contributed by atoms with Crippen molar-refractivity contribution in [2.45, 2.75) is 89.9 Å². The molecule has 0 bridgehead atoms. The summed E-state index contributed by atoms with van der Waals surface area (Å²) in [5.41, 5.74) is 0. The first kappa shape index (κ1) is 34.0. The fourth-order valence-electron chi connectivity index (χ4n) is 3.34. The minimum atomic E-state index is -0.716. The summed E-state index contributed by atoms with van der Waals surface area (Å²) >= 11 is 0. The Kier molecular flexibility index (Phi) is 26.0. The Labute approximate surface area is 216 Å². The van der Waals surface area contributed by atoms with Crippen LogP contribution in [0.1, 0.15) is 89.9 Å². The summed E-state index contributed by atoms with van der Waals surface area (Å²) in [6.07, 6.45) is 11.7. The maximum Gasteiger partial charge on any atom is 0.303 e. The van der Waals surface area contributed by atoms with Gasteiger partial charge in [0.1, 0.15) is 6.29 Å². The average molecular weight is 517 g/mol. The van der Waals surface area contributed by atoms with E-state index in [-0.39, 0.29) is 31.1 Å². The third kappa shape index (κ3) is 28.2. The molecule has 0 rings (SSSR count). The van der Waals surface area contributed by atoms with Gasteiger partial charge in [-0.25, -0.2) is 0 Å². The van der Waals surface area contributed by atoms with Gasteiger partial charge in [0.05, 0.1) is 26.4 Å². The van der Waals surface area contributed by atoms with Crippen LogP contribution in [-0.4, -0.2) is 81.9 Å². The van der Waals surface area contributed by atoms with Crippen LogP contribution in [0.25, 0.3) is 0 Å². The molecule has 0 aromatic rings. The molecule has 0 saturated heterocycles. The maximum absolute atomic E-state index is 11.8. The zero-order chi connectivity index (χ0) is 26.5. The average Bonchev–Trinajstić information content (AvgIpc) is 2.85. The molecule has 210 valence electrons. The number of aliphatic carboxylic acids is 1. The molecule has 0 unspecified atom stereocenters. The van der Waals surface area contributed by atoms with E-state index in [1.807, 2.05) is 0 Å². The number of carboxylic acid groups (broad SMARTS) is 1. The normalized spacial score (nSPS) is 10.8. The lowest BCUT2D eigenvalue weighted by atomic mass is 10.1. The molecule has 0 aliphatic carbocycles. The van der Waals surface area contributed by atoms with Crippen LogP contribution in [0.5, 0.6) is 0 Å². The van der Waals surface area contributed by atoms with E-state index in [4.69, 9.17) is 19.3 Å². The fraction of sp³-hybridized carbons (Fsp3) is 0.846. The topological polar surface area (TPSA) is 140 Å². The highest BCUT2D eigenvalue weighted by Gasteiger charge is 2.02. The molecule has 3 N–H and O–H groups in total. The molecule has 0 aliphatic rings. The first-order valence-corrected chi connectivity index (χ1v) is 13.5. The minimum absolute atomic E-state index is 0.0901. The molecule has 10 heteroatoms. The summed E-state index contributed by atoms with van der Waals surface area (Å²) in [5.74, 6) is -0.742. The quantitative estimate of drug-likeness (QED) is 0.106. The molecule has 36 heavy (non-hydrogen) atoms. The molecule has 2 amide bonds. The highest BCUT2D eigenvalue weighted by atomic mass is 16.5. The van der Waals surface area contributed by atoms with Gasteiger partial charge in [-0.2, -0.15) is 0 Å². The molecule has 0 aliphatic heterocycles. The van der Waals surface area contributed by atoms with E-state index in [0.29, 0.717) is 65.6 Å². The van der Waals surface area contributed by atoms with Crippen molar-refractivity contribution in [2.24, 2.45) is 0 Å². The lowest BCUT2D eigenvalue weighted by Gasteiger charge is -2.08. The number of hydrogen-bond donors (Lipinski definition) is 3. The van der Waals surface area contributed by atoms with Crippen molar-refractivity contribution in [2.75, 3.05) is 52.7 Å². The van der Waals surface area contributed by atoms with Crippen molar-refractivity contribution < 1.29 is 38.5 Å². The van der Waals surface area contributed by atoms with E-state index in [2.05, 4.69) is 10.6 Å². The van der Waals surface area contributed by atoms with Crippen LogP contribution in [0.15, 0.2) is 0 Å². The lowest BCUT2D eigenvalue weighted by molar-refractivity contribution is -0.137. The van der Waals surface area contributed by atoms with E-state index in [1.165, 1.54) is 0 Å². The van der Waals surface area contributed by atoms with Crippen LogP contribution in [0.4, 0.5) is 0 Å². The van der Waals surface area contributed by atoms with E-state index in [1.54, 1.807) is 0 Å². The van der Waals surface area contributed by atoms with Crippen molar-refractivity contribution >= 4 is 24.1 Å². The molecule has 0 aromatic carbocycles. The van der Waals surface area contributed by atoms with Crippen LogP contribution in [-0.2, 0) is 33.4 Å². The van der Waals surface area contributed by atoms with Crippen molar-refractivity contribution in [1.82, 2.24) is 10.6 Å². The predicted octanol–water partition coefficient (Wildman–Crippen LogP) is 3.01. The molecule has 0 atom stereocenters. The van der Waals surface area contributed by atoms with Gasteiger partial charge in [0, 0.05) is 52.0 Å². The number of aldehydes is 1. The second-order valence-electron chi connectivity index (χ2n) is 8.67. The Morgan fingerprint density at radius 1 is 0.556 bits per heavy atom. The van der Waals surface area contributed by atoms with E-state index in [0.717, 1.165) is 64.1 Å². The minimum Gasteiger partial charge on any atom is -0.481 e. The van der Waals surface area contributed by atoms with Crippen molar-refractivity contribution in [3.8, 4) is 0 Å². The number of carboxylic acids is 1. The highest BCUT2D eigenvalue weighted by Crippen LogP contribution is 2.10. The lowest BCUT2D eigenvalue weighted by Crippen LogP contribution is -2.25. The highest BCUT2D eigenvalue weighted by molar-refractivity contribution is 5.78. The molecule has 0 fully saturated rings. The molecular formula is C26H48N2O8. The van der Waals surface area contributed by atoms with Crippen LogP contribution in [0, 0.1) is 0 Å². The van der Waals surface area contributed by atoms with Gasteiger partial charge in [0.2, 0.25) is 11.8 Å². The molecule has 0 aromatic heterocycles. The van der Waals surface area contributed by atoms with Crippen molar-refractivity contribution in [1.29, 1.82) is 0 Å². The van der Waals surface area contributed by atoms with Crippen molar-refractivity contribution in [3.63, 3.8) is 0 Å². The Bertz CT molecular complexity index is 560. The number of carbonyl (C=O) groups excluding carboxylic acids is 3. The molecule has 10 nitrogen and oxygen atoms in total. The van der Waals surface area contributed by atoms with Gasteiger partial charge in [-0.15, -0.1) is 0 Å². The van der Waals surface area contributed by atoms with Gasteiger partial charge in [0.25, 0.3) is 0 Å². The van der Waals surface area contributed by atoms with Gasteiger partial charge in [0.15, 0.2) is 0 Å². The third-order valence-electron chi connectivity index (χ3n) is 5.35. The van der Waals surface area contributed by atoms with Crippen LogP contribution < -0.4 is 10.6 Å². The smallest absolute Gasteiger partial charge is 0.303 e. The third-order valence-corrected chi connectivity index (χ3v) is 5.35. The number of hydrogen-bond acceptors (Lipinski definition) is 7. The number of carbonyl (C=O) groups is 4. The zero-order valence-electron chi connectivity index (χ0n) is 21.9. The standard InChI is InChI=1S/C26H48N2O8/c29-17-9-13-25(31)28-16-11-19-35-21-23-36-22-20-34-18-10-15-27-24(30)12-7-5-3-1-2-4-6-8-14-26(32)33/h17H,1-16,18-23H2,(H,27,30)(H,28,31)(H,32,33). The summed E-state index contributed by atoms with van der Waals surface area (Å²) < 4.78 is 16.3. The summed E-state index contributed by atoms with van der Waals surface area (Å²) in [6.45, 7) is 4.22. The first-order chi connectivity index (χ1) is 17.6. The van der Waals surface area contributed by atoms with Gasteiger partial charge in [-0.05, 0) is 25.7 Å². The number of unbranched alkanes of at least 4 members (excludes halogenated alkanes) is 7. The second-order valence-corrected chi connectivity index (χ2v) is 8.67. The number of ether oxygens (including phenoxy) is 3. The maximum atomic E-state index is 11.8. The molecular weight excluding hydrogens is 468 g/mol. The Morgan fingerprint density at radius 2 is 0.972 bits per heavy atom. The SMILES string of the molecule is O=CCCC(=O)NCCCOCCOCCOCCCNC(=O)CCCCCCCCCCC(=O)O. The summed E-state index contributed by atoms with van der Waals surface area (Å²) in [5, 5.41) is 14.2. The first-order valence-electron chi connectivity index (χ1n) is 13.5. The summed E-state index contributed by atoms with van der Waals surface area (Å²) in [7, 11) is 0. The van der Waals surface area contributed by atoms with E-state index >= 15 is 0 Å². The van der Waals surface area contributed by atoms with Gasteiger partial charge in [-0.1, -0.05) is 38.5 Å². The number of rotatable bonds is 28. The Morgan fingerprint density at radius 3 is 1.44 bits per heavy atom. The zero-order valence-corrected chi connectivity index (χ0v) is 21.9. The second kappa shape index (κ2) is 27.5. The largest absolute Gasteiger partial charge is 0.481 e. The summed E-state index contributed by atoms with van der Waals surface area (Å²) in [4.78, 5) is 43.7. The number of nitrogens with one attached hydrogen (secondary N) is 2. The van der Waals surface area contributed by atoms with Gasteiger partial charge >= 0.3 is 5.97 Å². The Balaban J connectivity index is 3.20. The van der Waals surface area contributed by atoms with Gasteiger partial charge in [-0.3, -0.25) is 14.4 Å². The monoisotopic (exact) mass is 516 g/mol. The number of amides is 2. The molecule has 0 spiro atoms. The fourth-order valence-corrected chi connectivity index (χ4v) is 3.34. The molecule has 0 radical (unpaired) electrons. The van der Waals surface area contributed by atoms with E-state index < -0.39 is 5.97 Å². The predicted molar refractivity (Wildman–Crippen MR) is 137 cm³/mol. The van der Waals surface area contributed by atoms with Gasteiger partial charge < -0.3 is 34.7 Å². The molecule has 0 heterocycles. The van der Waals surface area contributed by atoms with Crippen molar-refractivity contribution in [3.05, 3.63) is 0 Å². The van der Waals surface area contributed by atoms with Crippen LogP contribution in [0.3, 0.4) is 0 Å². The van der Waals surface area contributed by atoms with Crippen LogP contribution in [0.2, 0.25) is 0 Å². The summed E-state index contributed by atoms with van der Waals surface area (Å²) in [6, 6.07) is 0. The molecule has 0 saturated carbocycles. The van der Waals surface area contributed by atoms with E-state index in [9.17, 15) is 19.2 Å². The Hall–Kier alpha value is -2.04.